The van der Waals surface area contributed by atoms with Crippen LogP contribution in [0.3, 0.4) is 0 Å². The van der Waals surface area contributed by atoms with Crippen molar-refractivity contribution in [3.05, 3.63) is 18.2 Å². The lowest BCUT2D eigenvalue weighted by Crippen LogP contribution is -2.49. The number of aromatic amines is 1. The van der Waals surface area contributed by atoms with Crippen molar-refractivity contribution in [3.63, 3.8) is 0 Å². The van der Waals surface area contributed by atoms with Crippen LogP contribution in [0.4, 0.5) is 0 Å². The van der Waals surface area contributed by atoms with Gasteiger partial charge in [-0.1, -0.05) is 13.3 Å². The number of aromatic nitrogens is 2. The maximum Gasteiger partial charge on any atom is 0.237 e. The second-order valence-electron chi connectivity index (χ2n) is 4.76. The number of nitrogens with one attached hydrogen (secondary N) is 2. The standard InChI is InChI=1S/C13H22N4O/c1-2-17-8-4-3-5-12(17)13(18)15-7-6-11-9-14-10-16-11/h9-10,12H,2-8H2,1H3,(H,14,16)(H,15,18)/t12-/m0/s1. The molecule has 1 aliphatic heterocycles. The normalized spacial score (nSPS) is 20.8. The molecule has 1 aliphatic rings. The third kappa shape index (κ3) is 3.32. The molecule has 2 rings (SSSR count). The van der Waals surface area contributed by atoms with Crippen LogP contribution < -0.4 is 5.32 Å². The average Bonchev–Trinajstić information content (AvgIpc) is 2.91. The Kier molecular flexibility index (Phi) is 4.75. The number of amides is 1. The van der Waals surface area contributed by atoms with Crippen molar-refractivity contribution in [2.75, 3.05) is 19.6 Å². The Morgan fingerprint density at radius 2 is 2.50 bits per heavy atom. The van der Waals surface area contributed by atoms with Crippen molar-refractivity contribution in [1.29, 1.82) is 0 Å². The Balaban J connectivity index is 1.76. The number of H-pyrrole nitrogens is 1. The maximum absolute atomic E-state index is 12.1. The van der Waals surface area contributed by atoms with Crippen molar-refractivity contribution in [3.8, 4) is 0 Å². The largest absolute Gasteiger partial charge is 0.354 e. The molecule has 100 valence electrons. The summed E-state index contributed by atoms with van der Waals surface area (Å²) in [5.41, 5.74) is 1.06. The number of imidazole rings is 1. The number of likely N-dealkylation sites (tertiary alicyclic amines) is 1. The minimum absolute atomic E-state index is 0.0746. The molecule has 5 heteroatoms. The van der Waals surface area contributed by atoms with Gasteiger partial charge in [-0.2, -0.15) is 0 Å². The summed E-state index contributed by atoms with van der Waals surface area (Å²) in [7, 11) is 0. The molecule has 0 aliphatic carbocycles. The molecule has 18 heavy (non-hydrogen) atoms. The average molecular weight is 250 g/mol. The van der Waals surface area contributed by atoms with E-state index in [0.717, 1.165) is 38.0 Å². The van der Waals surface area contributed by atoms with Gasteiger partial charge in [0.2, 0.25) is 5.91 Å². The Morgan fingerprint density at radius 3 is 3.22 bits per heavy atom. The predicted molar refractivity (Wildman–Crippen MR) is 70.2 cm³/mol. The van der Waals surface area contributed by atoms with Crippen LogP contribution in [-0.4, -0.2) is 46.5 Å². The second kappa shape index (κ2) is 6.54. The minimum atomic E-state index is 0.0746. The summed E-state index contributed by atoms with van der Waals surface area (Å²) in [5, 5.41) is 3.03. The molecule has 1 atom stereocenters. The summed E-state index contributed by atoms with van der Waals surface area (Å²) in [6.07, 6.45) is 7.64. The molecule has 1 saturated heterocycles. The zero-order valence-corrected chi connectivity index (χ0v) is 11.0. The van der Waals surface area contributed by atoms with Gasteiger partial charge in [0.25, 0.3) is 0 Å². The number of likely N-dealkylation sites (N-methyl/N-ethyl adjacent to an activating group) is 1. The lowest BCUT2D eigenvalue weighted by Gasteiger charge is -2.33. The van der Waals surface area contributed by atoms with E-state index < -0.39 is 0 Å². The number of piperidine rings is 1. The Hall–Kier alpha value is -1.36. The molecular formula is C13H22N4O. The van der Waals surface area contributed by atoms with Crippen molar-refractivity contribution >= 4 is 5.91 Å². The zero-order valence-electron chi connectivity index (χ0n) is 11.0. The molecule has 0 spiro atoms. The van der Waals surface area contributed by atoms with Crippen LogP contribution in [0.1, 0.15) is 31.9 Å². The monoisotopic (exact) mass is 250 g/mol. The molecule has 0 aromatic carbocycles. The van der Waals surface area contributed by atoms with Crippen molar-refractivity contribution in [2.45, 2.75) is 38.6 Å². The van der Waals surface area contributed by atoms with E-state index in [-0.39, 0.29) is 11.9 Å². The summed E-state index contributed by atoms with van der Waals surface area (Å²) < 4.78 is 0. The molecule has 0 unspecified atom stereocenters. The van der Waals surface area contributed by atoms with E-state index in [4.69, 9.17) is 0 Å². The van der Waals surface area contributed by atoms with Gasteiger partial charge in [-0.15, -0.1) is 0 Å². The molecule has 0 radical (unpaired) electrons. The Labute approximate surface area is 108 Å². The fourth-order valence-electron chi connectivity index (χ4n) is 2.53. The molecule has 5 nitrogen and oxygen atoms in total. The smallest absolute Gasteiger partial charge is 0.237 e. The lowest BCUT2D eigenvalue weighted by molar-refractivity contribution is -0.127. The van der Waals surface area contributed by atoms with Crippen molar-refractivity contribution in [2.24, 2.45) is 0 Å². The number of hydrogen-bond acceptors (Lipinski definition) is 3. The van der Waals surface area contributed by atoms with Gasteiger partial charge < -0.3 is 10.3 Å². The maximum atomic E-state index is 12.1. The summed E-state index contributed by atoms with van der Waals surface area (Å²) in [6, 6.07) is 0.0746. The number of carbonyl (C=O) groups is 1. The number of carbonyl (C=O) groups excluding carboxylic acids is 1. The first-order chi connectivity index (χ1) is 8.81. The number of nitrogens with zero attached hydrogens (tertiary/aromatic N) is 2. The van der Waals surface area contributed by atoms with Gasteiger partial charge in [-0.25, -0.2) is 4.98 Å². The summed E-state index contributed by atoms with van der Waals surface area (Å²) in [6.45, 7) is 4.80. The quantitative estimate of drug-likeness (QED) is 0.817. The molecule has 1 aromatic rings. The second-order valence-corrected chi connectivity index (χ2v) is 4.76. The molecule has 2 N–H and O–H groups in total. The van der Waals surface area contributed by atoms with Crippen LogP contribution in [0.15, 0.2) is 12.5 Å². The number of hydrogen-bond donors (Lipinski definition) is 2. The molecular weight excluding hydrogens is 228 g/mol. The summed E-state index contributed by atoms with van der Waals surface area (Å²) >= 11 is 0. The fraction of sp³-hybridized carbons (Fsp3) is 0.692. The van der Waals surface area contributed by atoms with E-state index in [1.165, 1.54) is 6.42 Å². The predicted octanol–water partition coefficient (Wildman–Crippen LogP) is 0.943. The minimum Gasteiger partial charge on any atom is -0.354 e. The lowest BCUT2D eigenvalue weighted by atomic mass is 10.0. The van der Waals surface area contributed by atoms with E-state index in [1.807, 2.05) is 0 Å². The molecule has 1 fully saturated rings. The van der Waals surface area contributed by atoms with Crippen LogP contribution in [0.2, 0.25) is 0 Å². The third-order valence-corrected chi connectivity index (χ3v) is 3.57. The van der Waals surface area contributed by atoms with E-state index in [1.54, 1.807) is 12.5 Å². The highest BCUT2D eigenvalue weighted by atomic mass is 16.2. The molecule has 1 aromatic heterocycles. The molecule has 0 saturated carbocycles. The highest BCUT2D eigenvalue weighted by molar-refractivity contribution is 5.81. The van der Waals surface area contributed by atoms with Gasteiger partial charge >= 0.3 is 0 Å². The van der Waals surface area contributed by atoms with E-state index in [0.29, 0.717) is 6.54 Å². The van der Waals surface area contributed by atoms with Crippen LogP contribution in [0.25, 0.3) is 0 Å². The van der Waals surface area contributed by atoms with Crippen LogP contribution in [-0.2, 0) is 11.2 Å². The third-order valence-electron chi connectivity index (χ3n) is 3.57. The first-order valence-electron chi connectivity index (χ1n) is 6.80. The van der Waals surface area contributed by atoms with Crippen LogP contribution in [0.5, 0.6) is 0 Å². The molecule has 0 bridgehead atoms. The van der Waals surface area contributed by atoms with Crippen molar-refractivity contribution < 1.29 is 4.79 Å². The SMILES string of the molecule is CCN1CCCC[C@H]1C(=O)NCCc1cnc[nH]1. The highest BCUT2D eigenvalue weighted by Gasteiger charge is 2.26. The van der Waals surface area contributed by atoms with Crippen molar-refractivity contribution in [1.82, 2.24) is 20.2 Å². The van der Waals surface area contributed by atoms with Gasteiger partial charge in [0.05, 0.1) is 12.4 Å². The van der Waals surface area contributed by atoms with Crippen LogP contribution >= 0.6 is 0 Å². The van der Waals surface area contributed by atoms with Gasteiger partial charge in [0, 0.05) is 24.9 Å². The highest BCUT2D eigenvalue weighted by Crippen LogP contribution is 2.16. The van der Waals surface area contributed by atoms with Gasteiger partial charge in [-0.3, -0.25) is 9.69 Å². The first-order valence-corrected chi connectivity index (χ1v) is 6.80. The number of rotatable bonds is 5. The van der Waals surface area contributed by atoms with Gasteiger partial charge in [0.15, 0.2) is 0 Å². The Bertz CT molecular complexity index is 363. The van der Waals surface area contributed by atoms with Gasteiger partial charge in [-0.05, 0) is 25.9 Å². The molecule has 2 heterocycles. The summed E-state index contributed by atoms with van der Waals surface area (Å²) in [4.78, 5) is 21.4. The Morgan fingerprint density at radius 1 is 1.61 bits per heavy atom. The fourth-order valence-corrected chi connectivity index (χ4v) is 2.53. The van der Waals surface area contributed by atoms with E-state index >= 15 is 0 Å². The van der Waals surface area contributed by atoms with E-state index in [9.17, 15) is 4.79 Å². The summed E-state index contributed by atoms with van der Waals surface area (Å²) in [5.74, 6) is 0.177. The van der Waals surface area contributed by atoms with E-state index in [2.05, 4.69) is 27.1 Å². The zero-order chi connectivity index (χ0) is 12.8. The first kappa shape index (κ1) is 13.1. The molecule has 1 amide bonds. The van der Waals surface area contributed by atoms with Gasteiger partial charge in [0.1, 0.15) is 0 Å². The topological polar surface area (TPSA) is 61.0 Å². The van der Waals surface area contributed by atoms with Crippen LogP contribution in [0, 0.1) is 0 Å².